The Balaban J connectivity index is 2.17. The molecule has 0 radical (unpaired) electrons. The summed E-state index contributed by atoms with van der Waals surface area (Å²) in [4.78, 5) is 11.2. The van der Waals surface area contributed by atoms with Crippen LogP contribution in [0.25, 0.3) is 0 Å². The normalized spacial score (nSPS) is 19.1. The Bertz CT molecular complexity index is 738. The van der Waals surface area contributed by atoms with Crippen LogP contribution in [0.5, 0.6) is 0 Å². The van der Waals surface area contributed by atoms with E-state index in [9.17, 15) is 32.2 Å². The van der Waals surface area contributed by atoms with Crippen LogP contribution in [-0.4, -0.2) is 47.6 Å². The molecule has 140 valence electrons. The summed E-state index contributed by atoms with van der Waals surface area (Å²) in [6.07, 6.45) is -2.73. The molecule has 1 heterocycles. The minimum absolute atomic E-state index is 0.0271. The molecule has 1 aliphatic heterocycles. The number of nitrogens with zero attached hydrogens (tertiary/aromatic N) is 1. The number of benzene rings is 1. The molecule has 1 aliphatic rings. The zero-order chi connectivity index (χ0) is 19.0. The van der Waals surface area contributed by atoms with Gasteiger partial charge in [-0.3, -0.25) is 4.79 Å². The molecule has 1 saturated heterocycles. The molecule has 6 nitrogen and oxygen atoms in total. The van der Waals surface area contributed by atoms with Gasteiger partial charge < -0.3 is 10.2 Å². The van der Waals surface area contributed by atoms with Gasteiger partial charge >= 0.3 is 5.97 Å². The molecule has 0 amide bonds. The minimum atomic E-state index is -3.89. The lowest BCUT2D eigenvalue weighted by molar-refractivity contribution is -0.169. The molecule has 25 heavy (non-hydrogen) atoms. The van der Waals surface area contributed by atoms with Crippen LogP contribution in [0.1, 0.15) is 38.7 Å². The molecule has 2 rings (SSSR count). The van der Waals surface area contributed by atoms with Crippen molar-refractivity contribution in [3.63, 3.8) is 0 Å². The molecule has 0 atom stereocenters. The fourth-order valence-corrected chi connectivity index (χ4v) is 4.30. The molecule has 9 heteroatoms. The summed E-state index contributed by atoms with van der Waals surface area (Å²) >= 11 is 0. The van der Waals surface area contributed by atoms with Gasteiger partial charge in [-0.05, 0) is 38.8 Å². The Morgan fingerprint density at radius 3 is 2.08 bits per heavy atom. The second kappa shape index (κ2) is 6.62. The predicted molar refractivity (Wildman–Crippen MR) is 85.8 cm³/mol. The molecule has 0 unspecified atom stereocenters. The first kappa shape index (κ1) is 19.7. The van der Waals surface area contributed by atoms with Gasteiger partial charge in [0.1, 0.15) is 0 Å². The number of carboxylic acids is 1. The first-order valence-corrected chi connectivity index (χ1v) is 9.20. The number of piperidine rings is 1. The van der Waals surface area contributed by atoms with Gasteiger partial charge in [0.25, 0.3) is 6.43 Å². The van der Waals surface area contributed by atoms with Crippen molar-refractivity contribution in [2.45, 2.75) is 43.6 Å². The summed E-state index contributed by atoms with van der Waals surface area (Å²) in [5, 5.41) is 19.9. The van der Waals surface area contributed by atoms with E-state index in [1.807, 2.05) is 0 Å². The molecular formula is C16H21F2NO5S. The average molecular weight is 377 g/mol. The van der Waals surface area contributed by atoms with Crippen LogP contribution in [-0.2, 0) is 14.8 Å². The number of hydrogen-bond donors (Lipinski definition) is 2. The number of aliphatic hydroxyl groups is 1. The highest BCUT2D eigenvalue weighted by Gasteiger charge is 2.51. The molecule has 0 spiro atoms. The number of aliphatic carboxylic acids is 1. The molecule has 0 bridgehead atoms. The standard InChI is InChI=1S/C16H21F2NO5S/c1-15(2,14(20)21)16(22)7-9-19(10-8-16)25(23,24)12-5-3-11(4-6-12)13(17)18/h3-6,13,22H,7-10H2,1-2H3,(H,20,21). The second-order valence-electron chi connectivity index (χ2n) is 6.74. The first-order valence-electron chi connectivity index (χ1n) is 7.76. The number of sulfonamides is 1. The fraction of sp³-hybridized carbons (Fsp3) is 0.562. The van der Waals surface area contributed by atoms with E-state index in [1.165, 1.54) is 13.8 Å². The maximum Gasteiger partial charge on any atom is 0.312 e. The molecule has 0 aromatic heterocycles. The Hall–Kier alpha value is -1.58. The van der Waals surface area contributed by atoms with Gasteiger partial charge in [-0.15, -0.1) is 0 Å². The zero-order valence-electron chi connectivity index (χ0n) is 13.9. The van der Waals surface area contributed by atoms with Crippen LogP contribution < -0.4 is 0 Å². The van der Waals surface area contributed by atoms with Crippen LogP contribution in [0.15, 0.2) is 29.2 Å². The highest BCUT2D eigenvalue weighted by atomic mass is 32.2. The van der Waals surface area contributed by atoms with Crippen LogP contribution >= 0.6 is 0 Å². The molecular weight excluding hydrogens is 356 g/mol. The lowest BCUT2D eigenvalue weighted by atomic mass is 9.70. The Labute approximate surface area is 145 Å². The number of rotatable bonds is 5. The molecule has 0 aliphatic carbocycles. The van der Waals surface area contributed by atoms with E-state index >= 15 is 0 Å². The summed E-state index contributed by atoms with van der Waals surface area (Å²) in [7, 11) is -3.89. The van der Waals surface area contributed by atoms with Gasteiger partial charge in [0.2, 0.25) is 10.0 Å². The van der Waals surface area contributed by atoms with Gasteiger partial charge in [-0.2, -0.15) is 4.31 Å². The molecule has 2 N–H and O–H groups in total. The van der Waals surface area contributed by atoms with Gasteiger partial charge in [0.15, 0.2) is 0 Å². The van der Waals surface area contributed by atoms with Crippen molar-refractivity contribution in [1.29, 1.82) is 0 Å². The fourth-order valence-electron chi connectivity index (χ4n) is 2.85. The lowest BCUT2D eigenvalue weighted by Gasteiger charge is -2.44. The third-order valence-corrected chi connectivity index (χ3v) is 6.93. The van der Waals surface area contributed by atoms with Gasteiger partial charge in [-0.1, -0.05) is 12.1 Å². The highest BCUT2D eigenvalue weighted by molar-refractivity contribution is 7.89. The number of halogens is 2. The summed E-state index contributed by atoms with van der Waals surface area (Å²) < 4.78 is 51.5. The third-order valence-electron chi connectivity index (χ3n) is 5.02. The number of alkyl halides is 2. The third kappa shape index (κ3) is 3.54. The van der Waals surface area contributed by atoms with E-state index in [0.29, 0.717) is 0 Å². The van der Waals surface area contributed by atoms with Crippen molar-refractivity contribution in [2.75, 3.05) is 13.1 Å². The van der Waals surface area contributed by atoms with Crippen molar-refractivity contribution in [3.8, 4) is 0 Å². The van der Waals surface area contributed by atoms with Crippen molar-refractivity contribution in [3.05, 3.63) is 29.8 Å². The van der Waals surface area contributed by atoms with E-state index in [4.69, 9.17) is 0 Å². The Morgan fingerprint density at radius 1 is 1.20 bits per heavy atom. The summed E-state index contributed by atoms with van der Waals surface area (Å²) in [5.41, 5.74) is -3.21. The van der Waals surface area contributed by atoms with E-state index in [1.54, 1.807) is 0 Å². The van der Waals surface area contributed by atoms with Crippen LogP contribution in [0.3, 0.4) is 0 Å². The average Bonchev–Trinajstić information content (AvgIpc) is 2.55. The van der Waals surface area contributed by atoms with Gasteiger partial charge in [0.05, 0.1) is 15.9 Å². The lowest BCUT2D eigenvalue weighted by Crippen LogP contribution is -2.56. The molecule has 1 aromatic rings. The smallest absolute Gasteiger partial charge is 0.312 e. The second-order valence-corrected chi connectivity index (χ2v) is 8.67. The highest BCUT2D eigenvalue weighted by Crippen LogP contribution is 2.40. The zero-order valence-corrected chi connectivity index (χ0v) is 14.8. The van der Waals surface area contributed by atoms with Crippen molar-refractivity contribution < 1.29 is 32.2 Å². The quantitative estimate of drug-likeness (QED) is 0.821. The van der Waals surface area contributed by atoms with Gasteiger partial charge in [-0.25, -0.2) is 17.2 Å². The van der Waals surface area contributed by atoms with Crippen molar-refractivity contribution in [1.82, 2.24) is 4.31 Å². The summed E-state index contributed by atoms with van der Waals surface area (Å²) in [6.45, 7) is 2.71. The Morgan fingerprint density at radius 2 is 1.68 bits per heavy atom. The van der Waals surface area contributed by atoms with Gasteiger partial charge in [0, 0.05) is 18.7 Å². The van der Waals surface area contributed by atoms with Crippen molar-refractivity contribution in [2.24, 2.45) is 5.41 Å². The van der Waals surface area contributed by atoms with E-state index in [-0.39, 0.29) is 36.4 Å². The molecule has 1 aromatic carbocycles. The van der Waals surface area contributed by atoms with E-state index in [0.717, 1.165) is 28.6 Å². The van der Waals surface area contributed by atoms with Crippen LogP contribution in [0, 0.1) is 5.41 Å². The van der Waals surface area contributed by atoms with Crippen molar-refractivity contribution >= 4 is 16.0 Å². The van der Waals surface area contributed by atoms with E-state index < -0.39 is 33.4 Å². The summed E-state index contributed by atoms with van der Waals surface area (Å²) in [5.74, 6) is -1.16. The predicted octanol–water partition coefficient (Wildman–Crippen LogP) is 2.25. The maximum atomic E-state index is 12.6. The molecule has 1 fully saturated rings. The number of carboxylic acid groups (broad SMARTS) is 1. The maximum absolute atomic E-state index is 12.6. The monoisotopic (exact) mass is 377 g/mol. The number of hydrogen-bond acceptors (Lipinski definition) is 4. The van der Waals surface area contributed by atoms with Crippen LogP contribution in [0.4, 0.5) is 8.78 Å². The Kier molecular flexibility index (Phi) is 5.23. The largest absolute Gasteiger partial charge is 0.481 e. The number of carbonyl (C=O) groups is 1. The van der Waals surface area contributed by atoms with E-state index in [2.05, 4.69) is 0 Å². The summed E-state index contributed by atoms with van der Waals surface area (Å²) in [6, 6.07) is 4.37. The molecule has 0 saturated carbocycles. The van der Waals surface area contributed by atoms with Crippen LogP contribution in [0.2, 0.25) is 0 Å². The topological polar surface area (TPSA) is 94.9 Å². The first-order chi connectivity index (χ1) is 11.4. The minimum Gasteiger partial charge on any atom is -0.481 e. The SMILES string of the molecule is CC(C)(C(=O)O)C1(O)CCN(S(=O)(=O)c2ccc(C(F)F)cc2)CC1.